The highest BCUT2D eigenvalue weighted by atomic mass is 16.5. The van der Waals surface area contributed by atoms with Crippen LogP contribution in [-0.4, -0.2) is 34.9 Å². The SMILES string of the molecule is COC(=O)/C=C1\N/C(=N/c2nc(C)c3ccccc3n2)NC1=O. The van der Waals surface area contributed by atoms with Crippen molar-refractivity contribution in [1.29, 1.82) is 0 Å². The Morgan fingerprint density at radius 2 is 2.04 bits per heavy atom. The van der Waals surface area contributed by atoms with Crippen LogP contribution in [0.25, 0.3) is 10.9 Å². The van der Waals surface area contributed by atoms with E-state index in [4.69, 9.17) is 0 Å². The van der Waals surface area contributed by atoms with Crippen molar-refractivity contribution < 1.29 is 14.3 Å². The van der Waals surface area contributed by atoms with Gasteiger partial charge >= 0.3 is 5.97 Å². The molecule has 0 aliphatic carbocycles. The van der Waals surface area contributed by atoms with E-state index in [1.54, 1.807) is 0 Å². The number of benzene rings is 1. The lowest BCUT2D eigenvalue weighted by molar-refractivity contribution is -0.135. The fourth-order valence-electron chi connectivity index (χ4n) is 2.09. The van der Waals surface area contributed by atoms with E-state index >= 15 is 0 Å². The van der Waals surface area contributed by atoms with Gasteiger partial charge in [0.2, 0.25) is 5.96 Å². The maximum absolute atomic E-state index is 11.7. The standard InChI is InChI=1S/C15H13N5O3/c1-8-9-5-3-4-6-10(9)17-14(16-8)20-15-18-11(13(22)19-15)7-12(21)23-2/h3-7H,1-2H3,(H2,16,17,18,19,20,22)/b11-7-. The molecule has 0 unspecified atom stereocenters. The fourth-order valence-corrected chi connectivity index (χ4v) is 2.09. The molecule has 23 heavy (non-hydrogen) atoms. The summed E-state index contributed by atoms with van der Waals surface area (Å²) in [6.45, 7) is 1.86. The highest BCUT2D eigenvalue weighted by molar-refractivity contribution is 6.15. The molecule has 1 saturated heterocycles. The third kappa shape index (κ3) is 3.00. The van der Waals surface area contributed by atoms with E-state index in [0.717, 1.165) is 22.7 Å². The molecule has 1 fully saturated rings. The number of hydrogen-bond acceptors (Lipinski definition) is 6. The summed E-state index contributed by atoms with van der Waals surface area (Å²) < 4.78 is 4.48. The molecule has 0 saturated carbocycles. The van der Waals surface area contributed by atoms with E-state index < -0.39 is 11.9 Å². The van der Waals surface area contributed by atoms with E-state index in [-0.39, 0.29) is 17.6 Å². The van der Waals surface area contributed by atoms with Crippen molar-refractivity contribution in [2.75, 3.05) is 7.11 Å². The van der Waals surface area contributed by atoms with Crippen LogP contribution in [0.15, 0.2) is 41.0 Å². The van der Waals surface area contributed by atoms with Gasteiger partial charge in [0.05, 0.1) is 24.4 Å². The van der Waals surface area contributed by atoms with Gasteiger partial charge in [-0.3, -0.25) is 10.1 Å². The highest BCUT2D eigenvalue weighted by Crippen LogP contribution is 2.18. The molecule has 1 aliphatic heterocycles. The summed E-state index contributed by atoms with van der Waals surface area (Å²) in [6.07, 6.45) is 1.05. The first kappa shape index (κ1) is 14.6. The summed E-state index contributed by atoms with van der Waals surface area (Å²) >= 11 is 0. The number of esters is 1. The summed E-state index contributed by atoms with van der Waals surface area (Å²) in [5.41, 5.74) is 1.59. The Kier molecular flexibility index (Phi) is 3.71. The topological polar surface area (TPSA) is 106 Å². The lowest BCUT2D eigenvalue weighted by atomic mass is 10.2. The molecule has 1 amide bonds. The van der Waals surface area contributed by atoms with Gasteiger partial charge in [-0.25, -0.2) is 14.8 Å². The number of methoxy groups -OCH3 is 1. The number of aryl methyl sites for hydroxylation is 1. The van der Waals surface area contributed by atoms with Gasteiger partial charge in [0, 0.05) is 5.39 Å². The second-order valence-corrected chi connectivity index (χ2v) is 4.75. The van der Waals surface area contributed by atoms with Crippen molar-refractivity contribution >= 4 is 34.7 Å². The van der Waals surface area contributed by atoms with Crippen LogP contribution >= 0.6 is 0 Å². The molecule has 8 nitrogen and oxygen atoms in total. The molecule has 0 bridgehead atoms. The van der Waals surface area contributed by atoms with Crippen LogP contribution in [0.5, 0.6) is 0 Å². The Hall–Kier alpha value is -3.29. The third-order valence-corrected chi connectivity index (χ3v) is 3.19. The number of hydrogen-bond donors (Lipinski definition) is 2. The zero-order valence-electron chi connectivity index (χ0n) is 12.5. The number of ether oxygens (including phenoxy) is 1. The van der Waals surface area contributed by atoms with Gasteiger partial charge < -0.3 is 10.1 Å². The summed E-state index contributed by atoms with van der Waals surface area (Å²) in [7, 11) is 1.23. The van der Waals surface area contributed by atoms with Gasteiger partial charge in [-0.2, -0.15) is 4.99 Å². The molecule has 3 rings (SSSR count). The normalized spacial score (nSPS) is 17.4. The predicted octanol–water partition coefficient (Wildman–Crippen LogP) is 0.702. The summed E-state index contributed by atoms with van der Waals surface area (Å²) in [5, 5.41) is 6.12. The lowest BCUT2D eigenvalue weighted by Gasteiger charge is -2.02. The third-order valence-electron chi connectivity index (χ3n) is 3.19. The van der Waals surface area contributed by atoms with Crippen molar-refractivity contribution in [3.05, 3.63) is 41.7 Å². The molecule has 0 spiro atoms. The number of carbonyl (C=O) groups excluding carboxylic acids is 2. The van der Waals surface area contributed by atoms with E-state index in [2.05, 4.69) is 30.3 Å². The van der Waals surface area contributed by atoms with Crippen LogP contribution in [0.2, 0.25) is 0 Å². The number of aromatic nitrogens is 2. The minimum absolute atomic E-state index is 0.0492. The van der Waals surface area contributed by atoms with Crippen LogP contribution in [-0.2, 0) is 14.3 Å². The van der Waals surface area contributed by atoms with Crippen LogP contribution in [0, 0.1) is 6.92 Å². The molecule has 116 valence electrons. The summed E-state index contributed by atoms with van der Waals surface area (Å²) in [4.78, 5) is 35.7. The molecule has 2 aromatic rings. The quantitative estimate of drug-likeness (QED) is 0.625. The van der Waals surface area contributed by atoms with E-state index in [1.165, 1.54) is 7.11 Å². The molecule has 2 N–H and O–H groups in total. The first-order valence-electron chi connectivity index (χ1n) is 6.77. The smallest absolute Gasteiger partial charge is 0.332 e. The van der Waals surface area contributed by atoms with Crippen LogP contribution in [0.4, 0.5) is 5.95 Å². The van der Waals surface area contributed by atoms with Gasteiger partial charge in [-0.1, -0.05) is 18.2 Å². The molecule has 1 aromatic carbocycles. The average Bonchev–Trinajstić information content (AvgIpc) is 2.86. The Balaban J connectivity index is 1.92. The van der Waals surface area contributed by atoms with Crippen LogP contribution in [0.3, 0.4) is 0 Å². The fraction of sp³-hybridized carbons (Fsp3) is 0.133. The molecular formula is C15H13N5O3. The number of amides is 1. The average molecular weight is 311 g/mol. The van der Waals surface area contributed by atoms with E-state index in [0.29, 0.717) is 0 Å². The number of para-hydroxylation sites is 1. The molecule has 0 radical (unpaired) electrons. The lowest BCUT2D eigenvalue weighted by Crippen LogP contribution is -2.24. The molecular weight excluding hydrogens is 298 g/mol. The van der Waals surface area contributed by atoms with Crippen LogP contribution in [0.1, 0.15) is 5.69 Å². The highest BCUT2D eigenvalue weighted by Gasteiger charge is 2.23. The predicted molar refractivity (Wildman–Crippen MR) is 82.7 cm³/mol. The molecule has 0 atom stereocenters. The number of guanidine groups is 1. The zero-order chi connectivity index (χ0) is 16.4. The Morgan fingerprint density at radius 3 is 2.83 bits per heavy atom. The number of nitrogens with zero attached hydrogens (tertiary/aromatic N) is 3. The van der Waals surface area contributed by atoms with Gasteiger partial charge in [0.25, 0.3) is 11.9 Å². The maximum Gasteiger partial charge on any atom is 0.332 e. The number of carbonyl (C=O) groups is 2. The Morgan fingerprint density at radius 1 is 1.26 bits per heavy atom. The molecule has 1 aliphatic rings. The largest absolute Gasteiger partial charge is 0.466 e. The molecule has 2 heterocycles. The molecule has 8 heteroatoms. The van der Waals surface area contributed by atoms with E-state index in [9.17, 15) is 9.59 Å². The van der Waals surface area contributed by atoms with Crippen molar-refractivity contribution in [2.24, 2.45) is 4.99 Å². The Bertz CT molecular complexity index is 873. The van der Waals surface area contributed by atoms with Crippen LogP contribution < -0.4 is 10.6 Å². The van der Waals surface area contributed by atoms with Gasteiger partial charge in [0.15, 0.2) is 0 Å². The minimum Gasteiger partial charge on any atom is -0.466 e. The maximum atomic E-state index is 11.7. The summed E-state index contributed by atoms with van der Waals surface area (Å²) in [5.74, 6) is -0.753. The van der Waals surface area contributed by atoms with Crippen molar-refractivity contribution in [3.63, 3.8) is 0 Å². The first-order chi connectivity index (χ1) is 11.1. The first-order valence-corrected chi connectivity index (χ1v) is 6.77. The zero-order valence-corrected chi connectivity index (χ0v) is 12.5. The number of fused-ring (bicyclic) bond motifs is 1. The monoisotopic (exact) mass is 311 g/mol. The van der Waals surface area contributed by atoms with Gasteiger partial charge in [-0.05, 0) is 13.0 Å². The number of rotatable bonds is 2. The van der Waals surface area contributed by atoms with Gasteiger partial charge in [0.1, 0.15) is 5.70 Å². The van der Waals surface area contributed by atoms with Crippen molar-refractivity contribution in [3.8, 4) is 0 Å². The summed E-state index contributed by atoms with van der Waals surface area (Å²) in [6, 6.07) is 7.57. The minimum atomic E-state index is -0.637. The van der Waals surface area contributed by atoms with Crippen molar-refractivity contribution in [1.82, 2.24) is 20.6 Å². The van der Waals surface area contributed by atoms with Crippen molar-refractivity contribution in [2.45, 2.75) is 6.92 Å². The number of nitrogens with one attached hydrogen (secondary N) is 2. The van der Waals surface area contributed by atoms with Gasteiger partial charge in [-0.15, -0.1) is 0 Å². The second-order valence-electron chi connectivity index (χ2n) is 4.75. The second kappa shape index (κ2) is 5.84. The Labute approximate surface area is 131 Å². The molecule has 1 aromatic heterocycles. The number of aliphatic imine (C=N–C) groups is 1. The van der Waals surface area contributed by atoms with E-state index in [1.807, 2.05) is 31.2 Å².